The number of allylic oxidation sites excluding steroid dienone is 2. The first-order valence-electron chi connectivity index (χ1n) is 13.1. The fourth-order valence-corrected chi connectivity index (χ4v) is 3.93. The number of carbonyl (C=O) groups excluding carboxylic acids is 1. The molecular formula is C28H45NO5. The van der Waals surface area contributed by atoms with E-state index in [0.717, 1.165) is 32.1 Å². The molecule has 0 spiro atoms. The summed E-state index contributed by atoms with van der Waals surface area (Å²) in [5, 5.41) is 30.9. The molecule has 4 N–H and O–H groups in total. The smallest absolute Gasteiger partial charge is 0.326 e. The van der Waals surface area contributed by atoms with E-state index >= 15 is 0 Å². The molecule has 0 unspecified atom stereocenters. The Kier molecular flexibility index (Phi) is 16.4. The van der Waals surface area contributed by atoms with Crippen LogP contribution in [0, 0.1) is 0 Å². The van der Waals surface area contributed by atoms with Crippen molar-refractivity contribution in [1.82, 2.24) is 5.32 Å². The third kappa shape index (κ3) is 14.6. The van der Waals surface area contributed by atoms with Gasteiger partial charge >= 0.3 is 5.97 Å². The van der Waals surface area contributed by atoms with Crippen LogP contribution in [0.25, 0.3) is 0 Å². The zero-order valence-electron chi connectivity index (χ0n) is 20.9. The van der Waals surface area contributed by atoms with Crippen LogP contribution in [0.4, 0.5) is 0 Å². The number of unbranched alkanes of at least 4 members (excludes halogenated alkanes) is 12. The second kappa shape index (κ2) is 18.9. The highest BCUT2D eigenvalue weighted by molar-refractivity contribution is 5.83. The largest absolute Gasteiger partial charge is 0.504 e. The normalized spacial score (nSPS) is 12.1. The summed E-state index contributed by atoms with van der Waals surface area (Å²) in [5.41, 5.74) is 0.527. The maximum atomic E-state index is 12.1. The number of hydrogen-bond donors (Lipinski definition) is 4. The van der Waals surface area contributed by atoms with Crippen molar-refractivity contribution < 1.29 is 24.9 Å². The zero-order valence-corrected chi connectivity index (χ0v) is 20.9. The lowest BCUT2D eigenvalue weighted by atomic mass is 10.0. The molecule has 6 nitrogen and oxygen atoms in total. The van der Waals surface area contributed by atoms with Crippen LogP contribution in [0.15, 0.2) is 30.4 Å². The third-order valence-electron chi connectivity index (χ3n) is 6.03. The number of aliphatic carboxylic acids is 1. The molecule has 192 valence electrons. The number of phenolic OH excluding ortho intramolecular Hbond substituents is 2. The van der Waals surface area contributed by atoms with E-state index in [1.54, 1.807) is 0 Å². The summed E-state index contributed by atoms with van der Waals surface area (Å²) in [7, 11) is 0. The molecule has 1 rings (SSSR count). The maximum absolute atomic E-state index is 12.1. The molecule has 6 heteroatoms. The Balaban J connectivity index is 2.05. The number of rotatable bonds is 20. The average molecular weight is 476 g/mol. The van der Waals surface area contributed by atoms with E-state index < -0.39 is 12.0 Å². The highest BCUT2D eigenvalue weighted by atomic mass is 16.4. The fraction of sp³-hybridized carbons (Fsp3) is 0.643. The first-order chi connectivity index (χ1) is 16.4. The summed E-state index contributed by atoms with van der Waals surface area (Å²) in [6, 6.07) is 3.08. The second-order valence-corrected chi connectivity index (χ2v) is 9.17. The summed E-state index contributed by atoms with van der Waals surface area (Å²) in [5.74, 6) is -1.97. The average Bonchev–Trinajstić information content (AvgIpc) is 2.80. The number of aromatic hydroxyl groups is 2. The number of amides is 1. The van der Waals surface area contributed by atoms with Gasteiger partial charge < -0.3 is 20.6 Å². The SMILES string of the molecule is CCCCCCCCC/C=C\CCCCCCCC(=O)N[C@@H](Cc1ccc(O)c(O)c1)C(=O)O. The van der Waals surface area contributed by atoms with Gasteiger partial charge in [0.2, 0.25) is 5.91 Å². The number of phenols is 2. The molecule has 1 atom stereocenters. The third-order valence-corrected chi connectivity index (χ3v) is 6.03. The standard InChI is InChI=1S/C28H45NO5/c1-2-3-4-5-6-7-8-9-10-11-12-13-14-15-16-17-18-27(32)29-24(28(33)34)21-23-19-20-25(30)26(31)22-23/h10-11,19-20,22,24,30-31H,2-9,12-18,21H2,1H3,(H,29,32)(H,33,34)/b11-10-/t24-/m0/s1. The minimum absolute atomic E-state index is 0.0430. The van der Waals surface area contributed by atoms with Crippen molar-refractivity contribution in [2.45, 2.75) is 116 Å². The van der Waals surface area contributed by atoms with Gasteiger partial charge in [0, 0.05) is 12.8 Å². The lowest BCUT2D eigenvalue weighted by Crippen LogP contribution is -2.42. The van der Waals surface area contributed by atoms with Gasteiger partial charge in [0.1, 0.15) is 6.04 Å². The first-order valence-corrected chi connectivity index (χ1v) is 13.1. The Morgan fingerprint density at radius 3 is 1.94 bits per heavy atom. The molecule has 0 heterocycles. The Labute approximate surface area is 205 Å². The van der Waals surface area contributed by atoms with E-state index in [2.05, 4.69) is 24.4 Å². The van der Waals surface area contributed by atoms with E-state index in [4.69, 9.17) is 0 Å². The van der Waals surface area contributed by atoms with Crippen LogP contribution in [0.5, 0.6) is 11.5 Å². The van der Waals surface area contributed by atoms with E-state index in [0.29, 0.717) is 12.0 Å². The molecule has 0 bridgehead atoms. The number of benzene rings is 1. The lowest BCUT2D eigenvalue weighted by molar-refractivity contribution is -0.141. The van der Waals surface area contributed by atoms with E-state index in [9.17, 15) is 24.9 Å². The van der Waals surface area contributed by atoms with Crippen LogP contribution in [0.3, 0.4) is 0 Å². The highest BCUT2D eigenvalue weighted by Gasteiger charge is 2.20. The maximum Gasteiger partial charge on any atom is 0.326 e. The Hall–Kier alpha value is -2.50. The minimum Gasteiger partial charge on any atom is -0.504 e. The quantitative estimate of drug-likeness (QED) is 0.0961. The van der Waals surface area contributed by atoms with Gasteiger partial charge in [0.15, 0.2) is 11.5 Å². The molecule has 0 aromatic heterocycles. The number of nitrogens with one attached hydrogen (secondary N) is 1. The van der Waals surface area contributed by atoms with E-state index in [1.807, 2.05) is 0 Å². The van der Waals surface area contributed by atoms with Gasteiger partial charge in [-0.25, -0.2) is 4.79 Å². The van der Waals surface area contributed by atoms with Crippen molar-refractivity contribution in [1.29, 1.82) is 0 Å². The number of hydrogen-bond acceptors (Lipinski definition) is 4. The monoisotopic (exact) mass is 475 g/mol. The van der Waals surface area contributed by atoms with Crippen molar-refractivity contribution in [3.8, 4) is 11.5 Å². The van der Waals surface area contributed by atoms with Crippen LogP contribution in [-0.4, -0.2) is 33.2 Å². The first kappa shape index (κ1) is 29.5. The van der Waals surface area contributed by atoms with Crippen LogP contribution < -0.4 is 5.32 Å². The molecule has 0 radical (unpaired) electrons. The zero-order chi connectivity index (χ0) is 25.0. The Morgan fingerprint density at radius 2 is 1.38 bits per heavy atom. The van der Waals surface area contributed by atoms with Gasteiger partial charge in [-0.2, -0.15) is 0 Å². The predicted octanol–water partition coefficient (Wildman–Crippen LogP) is 6.64. The van der Waals surface area contributed by atoms with Gasteiger partial charge in [-0.05, 0) is 49.8 Å². The lowest BCUT2D eigenvalue weighted by Gasteiger charge is -2.15. The van der Waals surface area contributed by atoms with Gasteiger partial charge in [-0.15, -0.1) is 0 Å². The molecule has 0 fully saturated rings. The van der Waals surface area contributed by atoms with Gasteiger partial charge in [-0.1, -0.05) is 82.9 Å². The van der Waals surface area contributed by atoms with Gasteiger partial charge in [0.05, 0.1) is 0 Å². The highest BCUT2D eigenvalue weighted by Crippen LogP contribution is 2.25. The summed E-state index contributed by atoms with van der Waals surface area (Å²) in [4.78, 5) is 23.6. The Bertz CT molecular complexity index is 732. The van der Waals surface area contributed by atoms with Crippen LogP contribution >= 0.6 is 0 Å². The second-order valence-electron chi connectivity index (χ2n) is 9.17. The van der Waals surface area contributed by atoms with Gasteiger partial charge in [-0.3, -0.25) is 4.79 Å². The molecule has 34 heavy (non-hydrogen) atoms. The molecule has 0 saturated carbocycles. The summed E-state index contributed by atoms with van der Waals surface area (Å²) >= 11 is 0. The molecule has 0 aliphatic rings. The fourth-order valence-electron chi connectivity index (χ4n) is 3.93. The molecule has 1 aromatic carbocycles. The van der Waals surface area contributed by atoms with Crippen molar-refractivity contribution in [3.63, 3.8) is 0 Å². The molecule has 0 aliphatic heterocycles. The number of carboxylic acids is 1. The molecule has 0 aliphatic carbocycles. The summed E-state index contributed by atoms with van der Waals surface area (Å²) < 4.78 is 0. The van der Waals surface area contributed by atoms with Crippen LogP contribution in [-0.2, 0) is 16.0 Å². The van der Waals surface area contributed by atoms with Crippen molar-refractivity contribution in [2.24, 2.45) is 0 Å². The number of carbonyl (C=O) groups is 2. The summed E-state index contributed by atoms with van der Waals surface area (Å²) in [6.07, 6.45) is 21.8. The molecule has 1 amide bonds. The number of carboxylic acid groups (broad SMARTS) is 1. The van der Waals surface area contributed by atoms with Crippen LogP contribution in [0.1, 0.15) is 109 Å². The molecule has 0 saturated heterocycles. The molecule has 1 aromatic rings. The topological polar surface area (TPSA) is 107 Å². The van der Waals surface area contributed by atoms with Crippen molar-refractivity contribution >= 4 is 11.9 Å². The summed E-state index contributed by atoms with van der Waals surface area (Å²) in [6.45, 7) is 2.25. The van der Waals surface area contributed by atoms with Crippen molar-refractivity contribution in [3.05, 3.63) is 35.9 Å². The molecular weight excluding hydrogens is 430 g/mol. The minimum atomic E-state index is -1.12. The van der Waals surface area contributed by atoms with E-state index in [-0.39, 0.29) is 23.8 Å². The predicted molar refractivity (Wildman–Crippen MR) is 137 cm³/mol. The van der Waals surface area contributed by atoms with Crippen molar-refractivity contribution in [2.75, 3.05) is 0 Å². The van der Waals surface area contributed by atoms with Gasteiger partial charge in [0.25, 0.3) is 0 Å². The van der Waals surface area contributed by atoms with E-state index in [1.165, 1.54) is 76.0 Å². The van der Waals surface area contributed by atoms with Crippen LogP contribution in [0.2, 0.25) is 0 Å². The Morgan fingerprint density at radius 1 is 0.824 bits per heavy atom.